The lowest BCUT2D eigenvalue weighted by molar-refractivity contribution is 0.102. The molecule has 32 heavy (non-hydrogen) atoms. The minimum Gasteiger partial charge on any atom is -0.322 e. The van der Waals surface area contributed by atoms with Gasteiger partial charge in [-0.15, -0.1) is 0 Å². The number of aromatic nitrogens is 2. The van der Waals surface area contributed by atoms with E-state index in [0.717, 1.165) is 17.8 Å². The summed E-state index contributed by atoms with van der Waals surface area (Å²) in [6.07, 6.45) is 3.44. The van der Waals surface area contributed by atoms with E-state index in [0.29, 0.717) is 17.3 Å². The van der Waals surface area contributed by atoms with E-state index in [1.54, 1.807) is 47.4 Å². The van der Waals surface area contributed by atoms with Gasteiger partial charge in [0, 0.05) is 29.3 Å². The summed E-state index contributed by atoms with van der Waals surface area (Å²) in [4.78, 5) is 12.0. The van der Waals surface area contributed by atoms with Crippen LogP contribution in [0.1, 0.15) is 10.4 Å². The van der Waals surface area contributed by atoms with Crippen LogP contribution in [0.2, 0.25) is 0 Å². The van der Waals surface area contributed by atoms with Crippen molar-refractivity contribution in [3.8, 4) is 5.69 Å². The molecule has 4 aromatic rings. The van der Waals surface area contributed by atoms with Gasteiger partial charge in [-0.2, -0.15) is 5.10 Å². The molecule has 2 N–H and O–H groups in total. The summed E-state index contributed by atoms with van der Waals surface area (Å²) in [7, 11) is -4.11. The van der Waals surface area contributed by atoms with E-state index < -0.39 is 26.6 Å². The first-order chi connectivity index (χ1) is 15.3. The predicted octanol–water partition coefficient (Wildman–Crippen LogP) is 4.20. The number of rotatable bonds is 6. The van der Waals surface area contributed by atoms with Crippen LogP contribution in [0.15, 0.2) is 90.1 Å². The molecule has 0 spiro atoms. The van der Waals surface area contributed by atoms with Gasteiger partial charge in [0.1, 0.15) is 0 Å². The smallest absolute Gasteiger partial charge is 0.261 e. The summed E-state index contributed by atoms with van der Waals surface area (Å²) in [5.74, 6) is -2.74. The number of carbonyl (C=O) groups is 1. The fraction of sp³-hybridized carbons (Fsp3) is 0. The lowest BCUT2D eigenvalue weighted by atomic mass is 10.2. The zero-order valence-electron chi connectivity index (χ0n) is 16.4. The molecule has 1 heterocycles. The average molecular weight is 454 g/mol. The van der Waals surface area contributed by atoms with Crippen molar-refractivity contribution in [2.75, 3.05) is 10.0 Å². The third-order valence-electron chi connectivity index (χ3n) is 4.49. The van der Waals surface area contributed by atoms with E-state index in [2.05, 4.69) is 15.1 Å². The Hall–Kier alpha value is -4.05. The van der Waals surface area contributed by atoms with E-state index in [-0.39, 0.29) is 11.6 Å². The van der Waals surface area contributed by atoms with Gasteiger partial charge in [-0.3, -0.25) is 9.52 Å². The Morgan fingerprint density at radius 3 is 2.19 bits per heavy atom. The monoisotopic (exact) mass is 454 g/mol. The second-order valence-corrected chi connectivity index (χ2v) is 8.39. The summed E-state index contributed by atoms with van der Waals surface area (Å²) >= 11 is 0. The number of halogens is 2. The molecule has 10 heteroatoms. The molecule has 0 saturated heterocycles. The van der Waals surface area contributed by atoms with Crippen molar-refractivity contribution in [3.05, 3.63) is 102 Å². The first-order valence-electron chi connectivity index (χ1n) is 9.31. The molecule has 0 fully saturated rings. The fourth-order valence-corrected chi connectivity index (χ4v) is 3.94. The second kappa shape index (κ2) is 8.60. The Morgan fingerprint density at radius 2 is 1.56 bits per heavy atom. The first-order valence-corrected chi connectivity index (χ1v) is 10.8. The van der Waals surface area contributed by atoms with Crippen molar-refractivity contribution < 1.29 is 22.0 Å². The zero-order valence-corrected chi connectivity index (χ0v) is 17.2. The summed E-state index contributed by atoms with van der Waals surface area (Å²) in [5.41, 5.74) is 1.88. The van der Waals surface area contributed by atoms with Crippen LogP contribution in [0, 0.1) is 11.6 Å². The molecule has 3 aromatic carbocycles. The van der Waals surface area contributed by atoms with Crippen LogP contribution in [0.25, 0.3) is 5.69 Å². The maximum Gasteiger partial charge on any atom is 0.261 e. The molecule has 0 unspecified atom stereocenters. The van der Waals surface area contributed by atoms with Gasteiger partial charge in [0.05, 0.1) is 10.6 Å². The van der Waals surface area contributed by atoms with Crippen molar-refractivity contribution in [1.29, 1.82) is 0 Å². The quantitative estimate of drug-likeness (QED) is 0.457. The number of nitrogens with one attached hydrogen (secondary N) is 2. The number of anilines is 2. The minimum atomic E-state index is -4.11. The first kappa shape index (κ1) is 21.2. The molecule has 1 aromatic heterocycles. The van der Waals surface area contributed by atoms with E-state index in [9.17, 15) is 22.0 Å². The standard InChI is InChI=1S/C22H16F2N4O3S/c23-20-11-10-19(14-21(20)24)32(30,31)27-17-6-4-16(5-7-17)26-22(29)15-2-8-18(9-3-15)28-13-1-12-25-28/h1-14,27H,(H,26,29). The number of amides is 1. The van der Waals surface area contributed by atoms with Gasteiger partial charge in [-0.05, 0) is 72.8 Å². The molecule has 0 radical (unpaired) electrons. The highest BCUT2D eigenvalue weighted by molar-refractivity contribution is 7.92. The number of benzene rings is 3. The van der Waals surface area contributed by atoms with Crippen LogP contribution >= 0.6 is 0 Å². The number of hydrogen-bond acceptors (Lipinski definition) is 4. The van der Waals surface area contributed by atoms with Gasteiger partial charge in [0.15, 0.2) is 11.6 Å². The molecule has 0 saturated carbocycles. The predicted molar refractivity (Wildman–Crippen MR) is 115 cm³/mol. The number of carbonyl (C=O) groups excluding carboxylic acids is 1. The maximum absolute atomic E-state index is 13.3. The third-order valence-corrected chi connectivity index (χ3v) is 5.87. The molecular formula is C22H16F2N4O3S. The fourth-order valence-electron chi connectivity index (χ4n) is 2.87. The molecule has 7 nitrogen and oxygen atoms in total. The van der Waals surface area contributed by atoms with Crippen molar-refractivity contribution in [2.45, 2.75) is 4.90 Å². The van der Waals surface area contributed by atoms with E-state index >= 15 is 0 Å². The van der Waals surface area contributed by atoms with Crippen LogP contribution in [0.5, 0.6) is 0 Å². The summed E-state index contributed by atoms with van der Waals surface area (Å²) in [6.45, 7) is 0. The van der Waals surface area contributed by atoms with Gasteiger partial charge >= 0.3 is 0 Å². The van der Waals surface area contributed by atoms with E-state index in [1.165, 1.54) is 24.3 Å². The van der Waals surface area contributed by atoms with Crippen LogP contribution < -0.4 is 10.0 Å². The van der Waals surface area contributed by atoms with E-state index in [4.69, 9.17) is 0 Å². The van der Waals surface area contributed by atoms with E-state index in [1.807, 2.05) is 0 Å². The zero-order chi connectivity index (χ0) is 22.7. The highest BCUT2D eigenvalue weighted by Gasteiger charge is 2.17. The van der Waals surface area contributed by atoms with Gasteiger partial charge in [0.2, 0.25) is 0 Å². The van der Waals surface area contributed by atoms with Gasteiger partial charge in [0.25, 0.3) is 15.9 Å². The van der Waals surface area contributed by atoms with Crippen LogP contribution in [-0.2, 0) is 10.0 Å². The Balaban J connectivity index is 1.42. The average Bonchev–Trinajstić information content (AvgIpc) is 3.32. The second-order valence-electron chi connectivity index (χ2n) is 6.71. The molecule has 4 rings (SSSR count). The van der Waals surface area contributed by atoms with Crippen molar-refractivity contribution in [3.63, 3.8) is 0 Å². The Kier molecular flexibility index (Phi) is 5.69. The minimum absolute atomic E-state index is 0.191. The Morgan fingerprint density at radius 1 is 0.875 bits per heavy atom. The van der Waals surface area contributed by atoms with Crippen LogP contribution in [0.4, 0.5) is 20.2 Å². The molecule has 162 valence electrons. The molecule has 1 amide bonds. The third kappa shape index (κ3) is 4.65. The molecule has 0 aliphatic rings. The number of nitrogens with zero attached hydrogens (tertiary/aromatic N) is 2. The van der Waals surface area contributed by atoms with Crippen molar-refractivity contribution in [2.24, 2.45) is 0 Å². The Labute approximate surface area is 182 Å². The topological polar surface area (TPSA) is 93.1 Å². The molecule has 0 bridgehead atoms. The van der Waals surface area contributed by atoms with Crippen LogP contribution in [0.3, 0.4) is 0 Å². The van der Waals surface area contributed by atoms with Gasteiger partial charge in [-0.1, -0.05) is 0 Å². The molecule has 0 aliphatic heterocycles. The largest absolute Gasteiger partial charge is 0.322 e. The van der Waals surface area contributed by atoms with Crippen molar-refractivity contribution >= 4 is 27.3 Å². The summed E-state index contributed by atoms with van der Waals surface area (Å²) in [6, 6.07) is 16.9. The highest BCUT2D eigenvalue weighted by atomic mass is 32.2. The SMILES string of the molecule is O=C(Nc1ccc(NS(=O)(=O)c2ccc(F)c(F)c2)cc1)c1ccc(-n2cccn2)cc1. The summed E-state index contributed by atoms with van der Waals surface area (Å²) in [5, 5.41) is 6.84. The van der Waals surface area contributed by atoms with Crippen molar-refractivity contribution in [1.82, 2.24) is 9.78 Å². The lowest BCUT2D eigenvalue weighted by Gasteiger charge is -2.10. The lowest BCUT2D eigenvalue weighted by Crippen LogP contribution is -2.14. The number of hydrogen-bond donors (Lipinski definition) is 2. The molecular weight excluding hydrogens is 438 g/mol. The Bertz CT molecular complexity index is 1360. The number of sulfonamides is 1. The van der Waals surface area contributed by atoms with Crippen LogP contribution in [-0.4, -0.2) is 24.1 Å². The highest BCUT2D eigenvalue weighted by Crippen LogP contribution is 2.20. The van der Waals surface area contributed by atoms with Gasteiger partial charge in [-0.25, -0.2) is 21.9 Å². The summed E-state index contributed by atoms with van der Waals surface area (Å²) < 4.78 is 55.0. The molecule has 0 atom stereocenters. The normalized spacial score (nSPS) is 11.2. The maximum atomic E-state index is 13.3. The molecule has 0 aliphatic carbocycles. The van der Waals surface area contributed by atoms with Gasteiger partial charge < -0.3 is 5.32 Å².